The van der Waals surface area contributed by atoms with E-state index in [0.29, 0.717) is 6.04 Å². The minimum atomic E-state index is 0.704. The third-order valence-electron chi connectivity index (χ3n) is 3.93. The average Bonchev–Trinajstić information content (AvgIpc) is 2.43. The Labute approximate surface area is 111 Å². The quantitative estimate of drug-likeness (QED) is 0.766. The Morgan fingerprint density at radius 3 is 2.72 bits per heavy atom. The van der Waals surface area contributed by atoms with Crippen molar-refractivity contribution in [2.45, 2.75) is 38.6 Å². The molecule has 1 unspecified atom stereocenters. The van der Waals surface area contributed by atoms with Crippen LogP contribution in [0.1, 0.15) is 30.9 Å². The molecule has 0 radical (unpaired) electrons. The third kappa shape index (κ3) is 3.33. The van der Waals surface area contributed by atoms with E-state index in [2.05, 4.69) is 36.1 Å². The maximum atomic E-state index is 5.24. The van der Waals surface area contributed by atoms with Crippen LogP contribution in [0, 0.1) is 0 Å². The highest BCUT2D eigenvalue weighted by atomic mass is 16.5. The van der Waals surface area contributed by atoms with E-state index in [1.165, 1.54) is 32.2 Å². The molecular formula is C16H25NO. The third-order valence-corrected chi connectivity index (χ3v) is 3.93. The van der Waals surface area contributed by atoms with E-state index in [9.17, 15) is 0 Å². The van der Waals surface area contributed by atoms with Gasteiger partial charge in [0, 0.05) is 19.7 Å². The number of rotatable bonds is 6. The van der Waals surface area contributed by atoms with Crippen molar-refractivity contribution in [3.8, 4) is 0 Å². The Hall–Kier alpha value is -0.860. The second-order valence-electron chi connectivity index (χ2n) is 5.19. The van der Waals surface area contributed by atoms with Gasteiger partial charge >= 0.3 is 0 Å². The van der Waals surface area contributed by atoms with Crippen molar-refractivity contribution in [3.63, 3.8) is 0 Å². The van der Waals surface area contributed by atoms with Crippen LogP contribution in [0.15, 0.2) is 24.3 Å². The number of benzene rings is 1. The lowest BCUT2D eigenvalue weighted by Crippen LogP contribution is -2.41. The van der Waals surface area contributed by atoms with Crippen molar-refractivity contribution < 1.29 is 4.74 Å². The number of hydrogen-bond donors (Lipinski definition) is 0. The molecule has 2 heteroatoms. The van der Waals surface area contributed by atoms with Crippen molar-refractivity contribution >= 4 is 0 Å². The van der Waals surface area contributed by atoms with E-state index in [0.717, 1.165) is 13.2 Å². The van der Waals surface area contributed by atoms with E-state index in [1.54, 1.807) is 18.2 Å². The summed E-state index contributed by atoms with van der Waals surface area (Å²) < 4.78 is 5.24. The van der Waals surface area contributed by atoms with E-state index >= 15 is 0 Å². The molecule has 2 nitrogen and oxygen atoms in total. The molecular weight excluding hydrogens is 222 g/mol. The normalized spacial score (nSPS) is 18.9. The van der Waals surface area contributed by atoms with Gasteiger partial charge in [-0.25, -0.2) is 0 Å². The maximum Gasteiger partial charge on any atom is 0.0589 e. The van der Waals surface area contributed by atoms with Crippen molar-refractivity contribution in [1.29, 1.82) is 0 Å². The molecule has 0 bridgehead atoms. The zero-order valence-electron chi connectivity index (χ0n) is 11.7. The van der Waals surface area contributed by atoms with Gasteiger partial charge in [0.1, 0.15) is 0 Å². The largest absolute Gasteiger partial charge is 0.383 e. The number of fused-ring (bicyclic) bond motifs is 1. The van der Waals surface area contributed by atoms with Gasteiger partial charge in [0.25, 0.3) is 0 Å². The highest BCUT2D eigenvalue weighted by molar-refractivity contribution is 5.30. The predicted octanol–water partition coefficient (Wildman–Crippen LogP) is 2.90. The molecule has 0 fully saturated rings. The lowest BCUT2D eigenvalue weighted by Gasteiger charge is -2.35. The minimum absolute atomic E-state index is 0.704. The molecule has 1 aliphatic carbocycles. The standard InChI is InChI=1S/C16H25NO/c1-3-10-17(11-12-18-2)16-9-8-14-6-4-5-7-15(14)13-16/h4-7,16H,3,8-13H2,1-2H3. The summed E-state index contributed by atoms with van der Waals surface area (Å²) in [5, 5.41) is 0. The average molecular weight is 247 g/mol. The van der Waals surface area contributed by atoms with E-state index in [1.807, 2.05) is 0 Å². The fourth-order valence-electron chi connectivity index (χ4n) is 2.96. The van der Waals surface area contributed by atoms with Crippen molar-refractivity contribution in [1.82, 2.24) is 4.90 Å². The number of ether oxygens (including phenoxy) is 1. The van der Waals surface area contributed by atoms with Crippen LogP contribution >= 0.6 is 0 Å². The Balaban J connectivity index is 2.00. The van der Waals surface area contributed by atoms with Crippen molar-refractivity contribution in [2.24, 2.45) is 0 Å². The number of nitrogens with zero attached hydrogens (tertiary/aromatic N) is 1. The molecule has 0 saturated carbocycles. The summed E-state index contributed by atoms with van der Waals surface area (Å²) in [7, 11) is 1.79. The van der Waals surface area contributed by atoms with Crippen LogP contribution in [0.3, 0.4) is 0 Å². The van der Waals surface area contributed by atoms with Gasteiger partial charge in [0.05, 0.1) is 6.61 Å². The zero-order valence-corrected chi connectivity index (χ0v) is 11.7. The molecule has 1 aromatic carbocycles. The Kier molecular flexibility index (Phi) is 5.21. The molecule has 0 N–H and O–H groups in total. The van der Waals surface area contributed by atoms with Crippen LogP contribution in [-0.4, -0.2) is 37.7 Å². The molecule has 2 rings (SSSR count). The van der Waals surface area contributed by atoms with Crippen LogP contribution in [0.2, 0.25) is 0 Å². The van der Waals surface area contributed by atoms with Gasteiger partial charge < -0.3 is 4.74 Å². The highest BCUT2D eigenvalue weighted by Crippen LogP contribution is 2.24. The van der Waals surface area contributed by atoms with Gasteiger partial charge in [-0.1, -0.05) is 31.2 Å². The summed E-state index contributed by atoms with van der Waals surface area (Å²) in [6.45, 7) is 5.36. The van der Waals surface area contributed by atoms with E-state index in [4.69, 9.17) is 4.74 Å². The summed E-state index contributed by atoms with van der Waals surface area (Å²) >= 11 is 0. The predicted molar refractivity (Wildman–Crippen MR) is 76.0 cm³/mol. The molecule has 1 aliphatic rings. The van der Waals surface area contributed by atoms with Gasteiger partial charge in [0.15, 0.2) is 0 Å². The minimum Gasteiger partial charge on any atom is -0.383 e. The first-order valence-electron chi connectivity index (χ1n) is 7.15. The van der Waals surface area contributed by atoms with Gasteiger partial charge in [-0.3, -0.25) is 4.90 Å². The molecule has 0 heterocycles. The Morgan fingerprint density at radius 2 is 2.00 bits per heavy atom. The van der Waals surface area contributed by atoms with Gasteiger partial charge in [-0.05, 0) is 43.4 Å². The SMILES string of the molecule is CCCN(CCOC)C1CCc2ccccc2C1. The monoisotopic (exact) mass is 247 g/mol. The first-order chi connectivity index (χ1) is 8.85. The molecule has 1 atom stereocenters. The maximum absolute atomic E-state index is 5.24. The van der Waals surface area contributed by atoms with Crippen LogP contribution in [0.25, 0.3) is 0 Å². The molecule has 100 valence electrons. The zero-order chi connectivity index (χ0) is 12.8. The van der Waals surface area contributed by atoms with Crippen LogP contribution in [-0.2, 0) is 17.6 Å². The highest BCUT2D eigenvalue weighted by Gasteiger charge is 2.23. The number of aryl methyl sites for hydroxylation is 1. The lowest BCUT2D eigenvalue weighted by atomic mass is 9.87. The first kappa shape index (κ1) is 13.6. The fourth-order valence-corrected chi connectivity index (χ4v) is 2.96. The Morgan fingerprint density at radius 1 is 1.22 bits per heavy atom. The smallest absolute Gasteiger partial charge is 0.0589 e. The number of methoxy groups -OCH3 is 1. The van der Waals surface area contributed by atoms with Crippen molar-refractivity contribution in [2.75, 3.05) is 26.8 Å². The summed E-state index contributed by atoms with van der Waals surface area (Å²) in [5.41, 5.74) is 3.10. The summed E-state index contributed by atoms with van der Waals surface area (Å²) in [5.74, 6) is 0. The summed E-state index contributed by atoms with van der Waals surface area (Å²) in [6.07, 6.45) is 4.95. The van der Waals surface area contributed by atoms with Gasteiger partial charge in [0.2, 0.25) is 0 Å². The molecule has 0 amide bonds. The lowest BCUT2D eigenvalue weighted by molar-refractivity contribution is 0.113. The number of hydrogen-bond acceptors (Lipinski definition) is 2. The molecule has 0 spiro atoms. The topological polar surface area (TPSA) is 12.5 Å². The van der Waals surface area contributed by atoms with E-state index in [-0.39, 0.29) is 0 Å². The van der Waals surface area contributed by atoms with Crippen LogP contribution in [0.5, 0.6) is 0 Å². The van der Waals surface area contributed by atoms with Crippen molar-refractivity contribution in [3.05, 3.63) is 35.4 Å². The Bertz CT molecular complexity index is 364. The summed E-state index contributed by atoms with van der Waals surface area (Å²) in [6, 6.07) is 9.61. The first-order valence-corrected chi connectivity index (χ1v) is 7.15. The molecule has 0 saturated heterocycles. The van der Waals surface area contributed by atoms with Gasteiger partial charge in [-0.2, -0.15) is 0 Å². The summed E-state index contributed by atoms with van der Waals surface area (Å²) in [4.78, 5) is 2.61. The van der Waals surface area contributed by atoms with Crippen LogP contribution in [0.4, 0.5) is 0 Å². The fraction of sp³-hybridized carbons (Fsp3) is 0.625. The van der Waals surface area contributed by atoms with Crippen LogP contribution < -0.4 is 0 Å². The second-order valence-corrected chi connectivity index (χ2v) is 5.19. The molecule has 18 heavy (non-hydrogen) atoms. The van der Waals surface area contributed by atoms with E-state index < -0.39 is 0 Å². The molecule has 1 aromatic rings. The molecule has 0 aromatic heterocycles. The van der Waals surface area contributed by atoms with Gasteiger partial charge in [-0.15, -0.1) is 0 Å². The second kappa shape index (κ2) is 6.91. The molecule has 0 aliphatic heterocycles.